The fraction of sp³-hybridized carbons (Fsp3) is 0.0500. The SMILES string of the molecule is Clc1ccccc1C(c1cccc2ccccc12)n1ccnc1. The highest BCUT2D eigenvalue weighted by Crippen LogP contribution is 2.35. The second-order valence-corrected chi connectivity index (χ2v) is 5.91. The third-order valence-electron chi connectivity index (χ3n) is 4.14. The Labute approximate surface area is 140 Å². The van der Waals surface area contributed by atoms with Gasteiger partial charge in [0.2, 0.25) is 0 Å². The van der Waals surface area contributed by atoms with Gasteiger partial charge in [-0.05, 0) is 28.0 Å². The van der Waals surface area contributed by atoms with Gasteiger partial charge in [-0.1, -0.05) is 72.3 Å². The predicted octanol–water partition coefficient (Wildman–Crippen LogP) is 5.33. The Hall–Kier alpha value is -2.58. The predicted molar refractivity (Wildman–Crippen MR) is 94.9 cm³/mol. The molecule has 0 aliphatic carbocycles. The molecular formula is C20H15ClN2. The van der Waals surface area contributed by atoms with E-state index in [2.05, 4.69) is 58.1 Å². The molecule has 4 rings (SSSR count). The smallest absolute Gasteiger partial charge is 0.0954 e. The highest BCUT2D eigenvalue weighted by atomic mass is 35.5. The van der Waals surface area contributed by atoms with Crippen LogP contribution >= 0.6 is 11.6 Å². The van der Waals surface area contributed by atoms with Gasteiger partial charge in [0, 0.05) is 17.4 Å². The van der Waals surface area contributed by atoms with Gasteiger partial charge in [0.1, 0.15) is 0 Å². The highest BCUT2D eigenvalue weighted by molar-refractivity contribution is 6.31. The fourth-order valence-electron chi connectivity index (χ4n) is 3.10. The molecule has 0 radical (unpaired) electrons. The van der Waals surface area contributed by atoms with Crippen molar-refractivity contribution in [3.63, 3.8) is 0 Å². The number of aromatic nitrogens is 2. The summed E-state index contributed by atoms with van der Waals surface area (Å²) < 4.78 is 2.10. The first-order valence-corrected chi connectivity index (χ1v) is 7.92. The summed E-state index contributed by atoms with van der Waals surface area (Å²) in [7, 11) is 0. The highest BCUT2D eigenvalue weighted by Gasteiger charge is 2.20. The zero-order valence-electron chi connectivity index (χ0n) is 12.4. The molecule has 23 heavy (non-hydrogen) atoms. The monoisotopic (exact) mass is 318 g/mol. The van der Waals surface area contributed by atoms with E-state index < -0.39 is 0 Å². The van der Waals surface area contributed by atoms with Gasteiger partial charge in [0.25, 0.3) is 0 Å². The van der Waals surface area contributed by atoms with Gasteiger partial charge in [0.05, 0.1) is 12.4 Å². The summed E-state index contributed by atoms with van der Waals surface area (Å²) >= 11 is 6.50. The van der Waals surface area contributed by atoms with Gasteiger partial charge in [-0.15, -0.1) is 0 Å². The van der Waals surface area contributed by atoms with E-state index in [1.165, 1.54) is 16.3 Å². The molecule has 0 amide bonds. The molecule has 3 aromatic carbocycles. The average molecular weight is 319 g/mol. The summed E-state index contributed by atoms with van der Waals surface area (Å²) in [5, 5.41) is 3.22. The first kappa shape index (κ1) is 14.0. The minimum Gasteiger partial charge on any atom is -0.326 e. The van der Waals surface area contributed by atoms with E-state index in [1.54, 1.807) is 6.20 Å². The normalized spacial score (nSPS) is 12.4. The Morgan fingerprint density at radius 1 is 0.826 bits per heavy atom. The van der Waals surface area contributed by atoms with Crippen LogP contribution in [0.3, 0.4) is 0 Å². The van der Waals surface area contributed by atoms with Crippen LogP contribution in [-0.2, 0) is 0 Å². The first-order valence-electron chi connectivity index (χ1n) is 7.54. The second kappa shape index (κ2) is 5.90. The van der Waals surface area contributed by atoms with Crippen molar-refractivity contribution in [2.45, 2.75) is 6.04 Å². The maximum Gasteiger partial charge on any atom is 0.0954 e. The van der Waals surface area contributed by atoms with Crippen molar-refractivity contribution in [2.24, 2.45) is 0 Å². The summed E-state index contributed by atoms with van der Waals surface area (Å²) in [5.74, 6) is 0. The first-order chi connectivity index (χ1) is 11.3. The maximum absolute atomic E-state index is 6.50. The van der Waals surface area contributed by atoms with Gasteiger partial charge in [-0.25, -0.2) is 4.98 Å². The number of halogens is 1. The molecule has 0 aliphatic heterocycles. The molecule has 112 valence electrons. The van der Waals surface area contributed by atoms with E-state index in [0.29, 0.717) is 0 Å². The van der Waals surface area contributed by atoms with E-state index in [1.807, 2.05) is 30.7 Å². The molecule has 1 aromatic heterocycles. The summed E-state index contributed by atoms with van der Waals surface area (Å²) in [6, 6.07) is 22.8. The Bertz CT molecular complexity index is 939. The van der Waals surface area contributed by atoms with Crippen molar-refractivity contribution in [3.8, 4) is 0 Å². The summed E-state index contributed by atoms with van der Waals surface area (Å²) in [5.41, 5.74) is 2.29. The van der Waals surface area contributed by atoms with E-state index in [0.717, 1.165) is 10.6 Å². The number of benzene rings is 3. The van der Waals surface area contributed by atoms with Crippen LogP contribution in [0.1, 0.15) is 17.2 Å². The molecule has 0 bridgehead atoms. The lowest BCUT2D eigenvalue weighted by atomic mass is 9.93. The average Bonchev–Trinajstić information content (AvgIpc) is 3.11. The zero-order valence-corrected chi connectivity index (χ0v) is 13.2. The lowest BCUT2D eigenvalue weighted by molar-refractivity contribution is 0.682. The van der Waals surface area contributed by atoms with Crippen molar-refractivity contribution in [2.75, 3.05) is 0 Å². The number of hydrogen-bond acceptors (Lipinski definition) is 1. The maximum atomic E-state index is 6.50. The lowest BCUT2D eigenvalue weighted by Gasteiger charge is -2.22. The molecule has 1 unspecified atom stereocenters. The van der Waals surface area contributed by atoms with E-state index in [9.17, 15) is 0 Å². The summed E-state index contributed by atoms with van der Waals surface area (Å²) in [6.45, 7) is 0. The van der Waals surface area contributed by atoms with Crippen LogP contribution in [0.4, 0.5) is 0 Å². The molecule has 0 spiro atoms. The number of hydrogen-bond donors (Lipinski definition) is 0. The van der Waals surface area contributed by atoms with Crippen molar-refractivity contribution in [3.05, 3.63) is 102 Å². The van der Waals surface area contributed by atoms with Crippen LogP contribution in [0.15, 0.2) is 85.5 Å². The lowest BCUT2D eigenvalue weighted by Crippen LogP contribution is -2.11. The topological polar surface area (TPSA) is 17.8 Å². The number of fused-ring (bicyclic) bond motifs is 1. The van der Waals surface area contributed by atoms with Crippen molar-refractivity contribution >= 4 is 22.4 Å². The number of nitrogens with zero attached hydrogens (tertiary/aromatic N) is 2. The van der Waals surface area contributed by atoms with Crippen LogP contribution in [-0.4, -0.2) is 9.55 Å². The van der Waals surface area contributed by atoms with Crippen LogP contribution in [0, 0.1) is 0 Å². The minimum absolute atomic E-state index is 0.00250. The van der Waals surface area contributed by atoms with Crippen LogP contribution in [0.25, 0.3) is 10.8 Å². The molecule has 3 heteroatoms. The van der Waals surface area contributed by atoms with E-state index in [4.69, 9.17) is 11.6 Å². The number of rotatable bonds is 3. The third-order valence-corrected chi connectivity index (χ3v) is 4.48. The zero-order chi connectivity index (χ0) is 15.6. The van der Waals surface area contributed by atoms with E-state index in [-0.39, 0.29) is 6.04 Å². The van der Waals surface area contributed by atoms with Gasteiger partial charge in [-0.3, -0.25) is 0 Å². The third kappa shape index (κ3) is 2.51. The van der Waals surface area contributed by atoms with Crippen LogP contribution in [0.5, 0.6) is 0 Å². The molecule has 0 aliphatic rings. The quantitative estimate of drug-likeness (QED) is 0.499. The molecular weight excluding hydrogens is 304 g/mol. The van der Waals surface area contributed by atoms with Gasteiger partial charge in [-0.2, -0.15) is 0 Å². The minimum atomic E-state index is -0.00250. The Morgan fingerprint density at radius 3 is 2.39 bits per heavy atom. The van der Waals surface area contributed by atoms with Crippen LogP contribution < -0.4 is 0 Å². The molecule has 0 saturated carbocycles. The Kier molecular flexibility index (Phi) is 3.60. The van der Waals surface area contributed by atoms with E-state index >= 15 is 0 Å². The Morgan fingerprint density at radius 2 is 1.57 bits per heavy atom. The van der Waals surface area contributed by atoms with Gasteiger partial charge < -0.3 is 4.57 Å². The van der Waals surface area contributed by atoms with Crippen molar-refractivity contribution in [1.82, 2.24) is 9.55 Å². The molecule has 2 nitrogen and oxygen atoms in total. The molecule has 0 saturated heterocycles. The number of imidazole rings is 1. The van der Waals surface area contributed by atoms with Gasteiger partial charge in [0.15, 0.2) is 0 Å². The molecule has 0 N–H and O–H groups in total. The largest absolute Gasteiger partial charge is 0.326 e. The van der Waals surface area contributed by atoms with Crippen molar-refractivity contribution in [1.29, 1.82) is 0 Å². The van der Waals surface area contributed by atoms with Crippen LogP contribution in [0.2, 0.25) is 5.02 Å². The second-order valence-electron chi connectivity index (χ2n) is 5.50. The fourth-order valence-corrected chi connectivity index (χ4v) is 3.34. The molecule has 1 heterocycles. The van der Waals surface area contributed by atoms with Gasteiger partial charge >= 0.3 is 0 Å². The molecule has 0 fully saturated rings. The molecule has 4 aromatic rings. The van der Waals surface area contributed by atoms with Crippen molar-refractivity contribution < 1.29 is 0 Å². The Balaban J connectivity index is 2.01. The summed E-state index contributed by atoms with van der Waals surface area (Å²) in [4.78, 5) is 4.22. The standard InChI is InChI=1S/C20H15ClN2/c21-19-11-4-3-9-18(19)20(23-13-12-22-14-23)17-10-5-7-15-6-1-2-8-16(15)17/h1-14,20H. The summed E-state index contributed by atoms with van der Waals surface area (Å²) in [6.07, 6.45) is 5.63. The molecule has 1 atom stereocenters.